The smallest absolute Gasteiger partial charge is 0.266 e. The van der Waals surface area contributed by atoms with Crippen LogP contribution in [0.3, 0.4) is 0 Å². The summed E-state index contributed by atoms with van der Waals surface area (Å²) in [6, 6.07) is 19.4. The molecule has 3 aromatic rings. The topological polar surface area (TPSA) is 66.5 Å². The molecule has 0 fully saturated rings. The van der Waals surface area contributed by atoms with E-state index in [1.807, 2.05) is 12.1 Å². The lowest BCUT2D eigenvalue weighted by molar-refractivity contribution is 0.0924. The number of fused-ring (bicyclic) bond motifs is 2. The second kappa shape index (κ2) is 7.26. The van der Waals surface area contributed by atoms with E-state index in [1.165, 1.54) is 17.5 Å². The maximum absolute atomic E-state index is 12.9. The minimum absolute atomic E-state index is 0.257. The van der Waals surface area contributed by atoms with Gasteiger partial charge in [0.25, 0.3) is 17.7 Å². The van der Waals surface area contributed by atoms with E-state index in [1.54, 1.807) is 48.5 Å². The van der Waals surface area contributed by atoms with Gasteiger partial charge in [0.15, 0.2) is 0 Å². The second-order valence-corrected chi connectivity index (χ2v) is 7.65. The molecule has 5 rings (SSSR count). The van der Waals surface area contributed by atoms with Gasteiger partial charge in [-0.05, 0) is 73.2 Å². The van der Waals surface area contributed by atoms with Crippen molar-refractivity contribution in [3.05, 3.63) is 94.5 Å². The van der Waals surface area contributed by atoms with Crippen molar-refractivity contribution in [2.24, 2.45) is 0 Å². The molecule has 3 aromatic carbocycles. The molecule has 30 heavy (non-hydrogen) atoms. The van der Waals surface area contributed by atoms with Crippen LogP contribution in [-0.2, 0) is 12.8 Å². The lowest BCUT2D eigenvalue weighted by atomic mass is 9.90. The zero-order chi connectivity index (χ0) is 20.7. The van der Waals surface area contributed by atoms with Crippen molar-refractivity contribution in [3.8, 4) is 0 Å². The normalized spacial score (nSPS) is 15.0. The molecular formula is C25H20N2O3. The van der Waals surface area contributed by atoms with Crippen LogP contribution in [0.4, 0.5) is 11.4 Å². The van der Waals surface area contributed by atoms with E-state index in [-0.39, 0.29) is 17.7 Å². The first-order chi connectivity index (χ1) is 14.6. The highest BCUT2D eigenvalue weighted by atomic mass is 16.2. The number of nitrogens with one attached hydrogen (secondary N) is 1. The predicted octanol–water partition coefficient (Wildman–Crippen LogP) is 4.62. The quantitative estimate of drug-likeness (QED) is 0.657. The number of nitrogens with zero attached hydrogens (tertiary/aromatic N) is 1. The highest BCUT2D eigenvalue weighted by molar-refractivity contribution is 6.34. The van der Waals surface area contributed by atoms with E-state index in [4.69, 9.17) is 0 Å². The van der Waals surface area contributed by atoms with E-state index in [9.17, 15) is 14.4 Å². The molecule has 5 nitrogen and oxygen atoms in total. The zero-order valence-corrected chi connectivity index (χ0v) is 16.4. The third-order valence-electron chi connectivity index (χ3n) is 5.80. The second-order valence-electron chi connectivity index (χ2n) is 7.65. The van der Waals surface area contributed by atoms with Crippen LogP contribution in [0, 0.1) is 0 Å². The molecule has 0 saturated heterocycles. The Labute approximate surface area is 174 Å². The van der Waals surface area contributed by atoms with Gasteiger partial charge in [0, 0.05) is 11.3 Å². The van der Waals surface area contributed by atoms with Gasteiger partial charge in [-0.3, -0.25) is 14.4 Å². The molecule has 0 bridgehead atoms. The van der Waals surface area contributed by atoms with Crippen molar-refractivity contribution < 1.29 is 14.4 Å². The summed E-state index contributed by atoms with van der Waals surface area (Å²) in [5, 5.41) is 3.02. The summed E-state index contributed by atoms with van der Waals surface area (Å²) in [4.78, 5) is 39.6. The molecule has 0 unspecified atom stereocenters. The number of aryl methyl sites for hydroxylation is 1. The molecule has 1 aliphatic heterocycles. The Hall–Kier alpha value is -3.73. The van der Waals surface area contributed by atoms with Crippen LogP contribution in [0.1, 0.15) is 55.0 Å². The minimum atomic E-state index is -0.370. The van der Waals surface area contributed by atoms with Crippen molar-refractivity contribution in [1.82, 2.24) is 0 Å². The average molecular weight is 396 g/mol. The van der Waals surface area contributed by atoms with Gasteiger partial charge in [0.2, 0.25) is 0 Å². The Morgan fingerprint density at radius 3 is 2.27 bits per heavy atom. The number of carbonyl (C=O) groups excluding carboxylic acids is 3. The van der Waals surface area contributed by atoms with Crippen molar-refractivity contribution in [3.63, 3.8) is 0 Å². The van der Waals surface area contributed by atoms with Crippen LogP contribution in [0.25, 0.3) is 0 Å². The van der Waals surface area contributed by atoms with Crippen LogP contribution >= 0.6 is 0 Å². The summed E-state index contributed by atoms with van der Waals surface area (Å²) in [5.74, 6) is -0.997. The number of hydrogen-bond donors (Lipinski definition) is 1. The van der Waals surface area contributed by atoms with E-state index in [2.05, 4.69) is 11.4 Å². The van der Waals surface area contributed by atoms with Gasteiger partial charge in [-0.25, -0.2) is 4.90 Å². The van der Waals surface area contributed by atoms with Gasteiger partial charge < -0.3 is 5.32 Å². The molecule has 1 N–H and O–H groups in total. The largest absolute Gasteiger partial charge is 0.322 e. The molecule has 0 radical (unpaired) electrons. The number of amides is 3. The molecule has 0 atom stereocenters. The summed E-state index contributed by atoms with van der Waals surface area (Å²) in [7, 11) is 0. The summed E-state index contributed by atoms with van der Waals surface area (Å²) in [5.41, 5.74) is 4.89. The van der Waals surface area contributed by atoms with Crippen molar-refractivity contribution in [2.45, 2.75) is 25.7 Å². The first-order valence-corrected chi connectivity index (χ1v) is 10.1. The van der Waals surface area contributed by atoms with E-state index >= 15 is 0 Å². The Kier molecular flexibility index (Phi) is 4.43. The van der Waals surface area contributed by atoms with Crippen molar-refractivity contribution >= 4 is 29.1 Å². The highest BCUT2D eigenvalue weighted by Crippen LogP contribution is 2.30. The summed E-state index contributed by atoms with van der Waals surface area (Å²) >= 11 is 0. The third kappa shape index (κ3) is 2.99. The Morgan fingerprint density at radius 2 is 1.50 bits per heavy atom. The molecule has 1 aliphatic carbocycles. The number of benzene rings is 3. The number of hydrogen-bond acceptors (Lipinski definition) is 3. The van der Waals surface area contributed by atoms with Gasteiger partial charge >= 0.3 is 0 Å². The monoisotopic (exact) mass is 396 g/mol. The van der Waals surface area contributed by atoms with Gasteiger partial charge in [-0.2, -0.15) is 0 Å². The molecule has 5 heteroatoms. The summed E-state index contributed by atoms with van der Waals surface area (Å²) in [6.07, 6.45) is 4.29. The third-order valence-corrected chi connectivity index (χ3v) is 5.80. The summed E-state index contributed by atoms with van der Waals surface area (Å²) in [6.45, 7) is 0. The molecule has 148 valence electrons. The zero-order valence-electron chi connectivity index (χ0n) is 16.4. The number of carbonyl (C=O) groups is 3. The van der Waals surface area contributed by atoms with Crippen molar-refractivity contribution in [1.29, 1.82) is 0 Å². The standard InChI is InChI=1S/C25H20N2O3/c28-23(26-22-14-6-8-16-7-1-2-11-19(16)22)17-9-5-10-18(15-17)27-24(29)20-12-3-4-13-21(20)25(27)30/h3-6,8-10,12-15H,1-2,7,11H2,(H,26,28). The van der Waals surface area contributed by atoms with E-state index in [0.29, 0.717) is 22.4 Å². The van der Waals surface area contributed by atoms with Crippen molar-refractivity contribution in [2.75, 3.05) is 10.2 Å². The number of rotatable bonds is 3. The van der Waals surface area contributed by atoms with Gasteiger partial charge in [0.1, 0.15) is 0 Å². The highest BCUT2D eigenvalue weighted by Gasteiger charge is 2.36. The molecule has 0 saturated carbocycles. The fourth-order valence-corrected chi connectivity index (χ4v) is 4.30. The maximum atomic E-state index is 12.9. The summed E-state index contributed by atoms with van der Waals surface area (Å²) < 4.78 is 0. The van der Waals surface area contributed by atoms with Crippen LogP contribution in [0.5, 0.6) is 0 Å². The average Bonchev–Trinajstić information content (AvgIpc) is 3.04. The number of anilines is 2. The SMILES string of the molecule is O=C(Nc1cccc2c1CCCC2)c1cccc(N2C(=O)c3ccccc3C2=O)c1. The van der Waals surface area contributed by atoms with E-state index < -0.39 is 0 Å². The first-order valence-electron chi connectivity index (χ1n) is 10.1. The fraction of sp³-hybridized carbons (Fsp3) is 0.160. The van der Waals surface area contributed by atoms with Crippen LogP contribution in [0.2, 0.25) is 0 Å². The van der Waals surface area contributed by atoms with E-state index in [0.717, 1.165) is 29.8 Å². The molecule has 2 aliphatic rings. The van der Waals surface area contributed by atoms with Gasteiger partial charge in [-0.15, -0.1) is 0 Å². The Balaban J connectivity index is 1.43. The Bertz CT molecular complexity index is 1160. The molecule has 0 aromatic heterocycles. The minimum Gasteiger partial charge on any atom is -0.322 e. The first kappa shape index (κ1) is 18.3. The van der Waals surface area contributed by atoms with Crippen LogP contribution < -0.4 is 10.2 Å². The molecule has 1 heterocycles. The fourth-order valence-electron chi connectivity index (χ4n) is 4.30. The van der Waals surface area contributed by atoms with Crippen LogP contribution in [0.15, 0.2) is 66.7 Å². The molecular weight excluding hydrogens is 376 g/mol. The predicted molar refractivity (Wildman–Crippen MR) is 115 cm³/mol. The van der Waals surface area contributed by atoms with Crippen LogP contribution in [-0.4, -0.2) is 17.7 Å². The van der Waals surface area contributed by atoms with Gasteiger partial charge in [-0.1, -0.05) is 30.3 Å². The molecule has 3 amide bonds. The lowest BCUT2D eigenvalue weighted by Gasteiger charge is -2.20. The number of imide groups is 1. The Morgan fingerprint density at radius 1 is 0.800 bits per heavy atom. The molecule has 0 spiro atoms. The van der Waals surface area contributed by atoms with Gasteiger partial charge in [0.05, 0.1) is 16.8 Å². The maximum Gasteiger partial charge on any atom is 0.266 e. The lowest BCUT2D eigenvalue weighted by Crippen LogP contribution is -2.29.